The monoisotopic (exact) mass is 595 g/mol. The van der Waals surface area contributed by atoms with Gasteiger partial charge in [-0.1, -0.05) is 0 Å². The molecule has 2 aliphatic heterocycles. The van der Waals surface area contributed by atoms with E-state index >= 15 is 0 Å². The lowest BCUT2D eigenvalue weighted by molar-refractivity contribution is -0.0109. The van der Waals surface area contributed by atoms with Gasteiger partial charge in [0.05, 0.1) is 18.3 Å². The number of fused-ring (bicyclic) bond motifs is 1. The summed E-state index contributed by atoms with van der Waals surface area (Å²) >= 11 is 0. The van der Waals surface area contributed by atoms with Gasteiger partial charge in [0.25, 0.3) is 6.02 Å². The smallest absolute Gasteiger partial charge is 0.410 e. The van der Waals surface area contributed by atoms with Crippen LogP contribution in [0.2, 0.25) is 0 Å². The number of hydrogen-bond acceptors (Lipinski definition) is 10. The summed E-state index contributed by atoms with van der Waals surface area (Å²) in [6, 6.07) is 16.1. The van der Waals surface area contributed by atoms with Gasteiger partial charge in [-0.3, -0.25) is 4.98 Å². The fourth-order valence-corrected chi connectivity index (χ4v) is 5.21. The van der Waals surface area contributed by atoms with Crippen LogP contribution < -0.4 is 15.4 Å². The van der Waals surface area contributed by atoms with E-state index in [1.807, 2.05) is 83.1 Å². The summed E-state index contributed by atoms with van der Waals surface area (Å²) in [5.41, 5.74) is 3.46. The Hall–Kier alpha value is -4.93. The van der Waals surface area contributed by atoms with Crippen molar-refractivity contribution >= 4 is 40.2 Å². The van der Waals surface area contributed by atoms with Crippen molar-refractivity contribution in [2.24, 2.45) is 4.99 Å². The largest absolute Gasteiger partial charge is 0.456 e. The zero-order valence-corrected chi connectivity index (χ0v) is 25.7. The number of rotatable bonds is 5. The molecule has 1 spiro atoms. The van der Waals surface area contributed by atoms with Gasteiger partial charge in [0.2, 0.25) is 0 Å². The van der Waals surface area contributed by atoms with Crippen LogP contribution in [0.1, 0.15) is 44.9 Å². The first kappa shape index (κ1) is 29.2. The van der Waals surface area contributed by atoms with Crippen LogP contribution in [0, 0.1) is 13.8 Å². The Morgan fingerprint density at radius 3 is 2.45 bits per heavy atom. The molecule has 2 N–H and O–H groups in total. The number of likely N-dealkylation sites (tertiary alicyclic amines) is 1. The first-order chi connectivity index (χ1) is 21.0. The molecule has 6 rings (SSSR count). The molecule has 1 fully saturated rings. The van der Waals surface area contributed by atoms with E-state index in [-0.39, 0.29) is 6.09 Å². The number of anilines is 3. The second kappa shape index (κ2) is 11.6. The lowest BCUT2D eigenvalue weighted by Gasteiger charge is -2.38. The number of benzene rings is 2. The molecule has 228 valence electrons. The highest BCUT2D eigenvalue weighted by molar-refractivity contribution is 5.97. The van der Waals surface area contributed by atoms with Gasteiger partial charge in [0.1, 0.15) is 34.8 Å². The summed E-state index contributed by atoms with van der Waals surface area (Å²) in [5.74, 6) is 2.12. The van der Waals surface area contributed by atoms with Crippen molar-refractivity contribution in [3.63, 3.8) is 0 Å². The summed E-state index contributed by atoms with van der Waals surface area (Å²) in [5, 5.41) is 7.60. The molecule has 2 aliphatic rings. The van der Waals surface area contributed by atoms with Gasteiger partial charge < -0.3 is 29.7 Å². The van der Waals surface area contributed by atoms with Crippen molar-refractivity contribution in [1.82, 2.24) is 19.9 Å². The molecule has 1 saturated heterocycles. The second-order valence-electron chi connectivity index (χ2n) is 12.3. The number of amides is 1. The Morgan fingerprint density at radius 2 is 1.73 bits per heavy atom. The molecule has 2 aromatic carbocycles. The molecule has 0 atom stereocenters. The first-order valence-corrected chi connectivity index (χ1v) is 14.8. The van der Waals surface area contributed by atoms with Crippen molar-refractivity contribution in [2.75, 3.05) is 30.3 Å². The van der Waals surface area contributed by atoms with Gasteiger partial charge in [0.15, 0.2) is 0 Å². The fraction of sp³-hybridized carbons (Fsp3) is 0.364. The Kier molecular flexibility index (Phi) is 7.71. The van der Waals surface area contributed by atoms with E-state index in [4.69, 9.17) is 14.2 Å². The van der Waals surface area contributed by atoms with Crippen molar-refractivity contribution in [1.29, 1.82) is 0 Å². The molecule has 11 heteroatoms. The van der Waals surface area contributed by atoms with Crippen LogP contribution in [0.4, 0.5) is 22.0 Å². The van der Waals surface area contributed by atoms with Crippen molar-refractivity contribution < 1.29 is 19.0 Å². The van der Waals surface area contributed by atoms with Crippen LogP contribution >= 0.6 is 0 Å². The summed E-state index contributed by atoms with van der Waals surface area (Å²) in [7, 11) is 0. The van der Waals surface area contributed by atoms with Crippen molar-refractivity contribution in [2.45, 2.75) is 58.7 Å². The summed E-state index contributed by atoms with van der Waals surface area (Å²) in [4.78, 5) is 32.1. The molecular formula is C33H37N7O4. The molecule has 0 saturated carbocycles. The van der Waals surface area contributed by atoms with E-state index in [9.17, 15) is 4.79 Å². The van der Waals surface area contributed by atoms with Gasteiger partial charge in [0, 0.05) is 48.4 Å². The van der Waals surface area contributed by atoms with E-state index in [2.05, 4.69) is 30.6 Å². The predicted molar refractivity (Wildman–Crippen MR) is 170 cm³/mol. The van der Waals surface area contributed by atoms with Crippen LogP contribution in [0.5, 0.6) is 11.5 Å². The number of aryl methyl sites for hydroxylation is 2. The lowest BCUT2D eigenvalue weighted by atomic mass is 9.92. The fourth-order valence-electron chi connectivity index (χ4n) is 5.21. The Bertz CT molecular complexity index is 1710. The number of aliphatic imine (C=N–C) groups is 1. The Morgan fingerprint density at radius 1 is 0.955 bits per heavy atom. The second-order valence-corrected chi connectivity index (χ2v) is 12.3. The zero-order chi connectivity index (χ0) is 30.9. The minimum Gasteiger partial charge on any atom is -0.456 e. The number of pyridine rings is 1. The molecule has 11 nitrogen and oxygen atoms in total. The average Bonchev–Trinajstić information content (AvgIpc) is 3.36. The number of piperidine rings is 1. The number of carbonyl (C=O) groups is 1. The number of aromatic nitrogens is 3. The normalized spacial score (nSPS) is 15.9. The maximum Gasteiger partial charge on any atom is 0.410 e. The molecule has 44 heavy (non-hydrogen) atoms. The molecule has 0 unspecified atom stereocenters. The van der Waals surface area contributed by atoms with E-state index in [0.29, 0.717) is 50.1 Å². The van der Waals surface area contributed by atoms with E-state index in [1.54, 1.807) is 17.4 Å². The first-order valence-electron chi connectivity index (χ1n) is 14.8. The maximum absolute atomic E-state index is 12.5. The van der Waals surface area contributed by atoms with Crippen LogP contribution in [-0.2, 0) is 9.47 Å². The molecule has 0 bridgehead atoms. The molecule has 0 aliphatic carbocycles. The van der Waals surface area contributed by atoms with Gasteiger partial charge >= 0.3 is 6.09 Å². The number of nitrogens with one attached hydrogen (secondary N) is 2. The summed E-state index contributed by atoms with van der Waals surface area (Å²) in [6.07, 6.45) is 4.35. The van der Waals surface area contributed by atoms with Gasteiger partial charge in [-0.2, -0.15) is 0 Å². The molecular weight excluding hydrogens is 558 g/mol. The number of ether oxygens (including phenoxy) is 3. The third-order valence-corrected chi connectivity index (χ3v) is 7.59. The highest BCUT2D eigenvalue weighted by Crippen LogP contribution is 2.33. The van der Waals surface area contributed by atoms with Crippen LogP contribution in [0.3, 0.4) is 0 Å². The maximum atomic E-state index is 12.5. The minimum absolute atomic E-state index is 0.286. The standard InChI is InChI=1S/C33H37N7O4/c1-21-16-23(8-11-28(21)42-25-9-6-22(2)34-18-25)38-29-26-17-24(7-10-27(26)36-20-37-29)39-30-35-19-33(43-30)12-14-40(15-13-33)31(41)44-32(3,4)5/h6-11,16-18,20H,12-15,19H2,1-5H3,(H,35,39)(H,36,37,38). The quantitative estimate of drug-likeness (QED) is 0.258. The average molecular weight is 596 g/mol. The highest BCUT2D eigenvalue weighted by atomic mass is 16.6. The SMILES string of the molecule is Cc1ccc(Oc2ccc(Nc3ncnc4ccc(NC5=NCC6(CCN(C(=O)OC(C)(C)C)CC6)O5)cc34)cc2C)cn1. The van der Waals surface area contributed by atoms with E-state index < -0.39 is 11.2 Å². The molecule has 2 aromatic heterocycles. The summed E-state index contributed by atoms with van der Waals surface area (Å²) in [6.45, 7) is 11.2. The van der Waals surface area contributed by atoms with Gasteiger partial charge in [-0.25, -0.2) is 19.8 Å². The van der Waals surface area contributed by atoms with E-state index in [1.165, 1.54) is 0 Å². The minimum atomic E-state index is -0.519. The lowest BCUT2D eigenvalue weighted by Crippen LogP contribution is -2.49. The molecule has 4 heterocycles. The number of amidine groups is 1. The number of nitrogens with zero attached hydrogens (tertiary/aromatic N) is 5. The molecule has 4 aromatic rings. The molecule has 1 amide bonds. The van der Waals surface area contributed by atoms with E-state index in [0.717, 1.165) is 39.3 Å². The number of hydrogen-bond donors (Lipinski definition) is 2. The third-order valence-electron chi connectivity index (χ3n) is 7.59. The topological polar surface area (TPSA) is 123 Å². The molecule has 0 radical (unpaired) electrons. The predicted octanol–water partition coefficient (Wildman–Crippen LogP) is 6.75. The van der Waals surface area contributed by atoms with Gasteiger partial charge in [-0.15, -0.1) is 0 Å². The van der Waals surface area contributed by atoms with Crippen LogP contribution in [-0.4, -0.2) is 62.8 Å². The Balaban J connectivity index is 1.11. The van der Waals surface area contributed by atoms with Gasteiger partial charge in [-0.05, 0) is 88.7 Å². The highest BCUT2D eigenvalue weighted by Gasteiger charge is 2.42. The van der Waals surface area contributed by atoms with Crippen molar-refractivity contribution in [3.8, 4) is 11.5 Å². The van der Waals surface area contributed by atoms with Crippen molar-refractivity contribution in [3.05, 3.63) is 72.3 Å². The number of carbonyl (C=O) groups excluding carboxylic acids is 1. The third kappa shape index (κ3) is 6.66. The summed E-state index contributed by atoms with van der Waals surface area (Å²) < 4.78 is 17.9. The van der Waals surface area contributed by atoms with Crippen LogP contribution in [0.15, 0.2) is 66.0 Å². The van der Waals surface area contributed by atoms with Crippen LogP contribution in [0.25, 0.3) is 10.9 Å². The Labute approximate surface area is 256 Å². The zero-order valence-electron chi connectivity index (χ0n) is 25.7.